The fourth-order valence-corrected chi connectivity index (χ4v) is 2.67. The third-order valence-corrected chi connectivity index (χ3v) is 3.57. The molecule has 1 unspecified atom stereocenters. The average molecular weight is 290 g/mol. The lowest BCUT2D eigenvalue weighted by molar-refractivity contribution is 0.129. The van der Waals surface area contributed by atoms with Crippen LogP contribution in [0, 0.1) is 0 Å². The van der Waals surface area contributed by atoms with Crippen LogP contribution >= 0.6 is 23.4 Å². The van der Waals surface area contributed by atoms with Crippen molar-refractivity contribution in [3.63, 3.8) is 0 Å². The summed E-state index contributed by atoms with van der Waals surface area (Å²) in [6.45, 7) is 3.46. The van der Waals surface area contributed by atoms with Crippen LogP contribution in [0.2, 0.25) is 5.28 Å². The highest BCUT2D eigenvalue weighted by molar-refractivity contribution is 7.99. The van der Waals surface area contributed by atoms with E-state index in [1.807, 2.05) is 6.92 Å². The summed E-state index contributed by atoms with van der Waals surface area (Å²) < 4.78 is 10.9. The van der Waals surface area contributed by atoms with Crippen LogP contribution in [0.1, 0.15) is 26.2 Å². The molecule has 1 aliphatic heterocycles. The largest absolute Gasteiger partial charge is 0.463 e. The minimum atomic E-state index is 0.172. The summed E-state index contributed by atoms with van der Waals surface area (Å²) in [6.07, 6.45) is 3.44. The summed E-state index contributed by atoms with van der Waals surface area (Å²) >= 11 is 7.37. The van der Waals surface area contributed by atoms with Gasteiger partial charge in [0.1, 0.15) is 0 Å². The van der Waals surface area contributed by atoms with Gasteiger partial charge in [-0.2, -0.15) is 15.0 Å². The Morgan fingerprint density at radius 3 is 3.06 bits per heavy atom. The highest BCUT2D eigenvalue weighted by atomic mass is 35.5. The Labute approximate surface area is 116 Å². The number of ether oxygens (including phenoxy) is 2. The molecule has 0 N–H and O–H groups in total. The number of rotatable bonds is 6. The Morgan fingerprint density at radius 2 is 2.33 bits per heavy atom. The van der Waals surface area contributed by atoms with E-state index in [9.17, 15) is 0 Å². The van der Waals surface area contributed by atoms with Crippen molar-refractivity contribution in [1.82, 2.24) is 15.0 Å². The number of nitrogens with zero attached hydrogens (tertiary/aromatic N) is 3. The molecule has 0 spiro atoms. The molecule has 7 heteroatoms. The van der Waals surface area contributed by atoms with Gasteiger partial charge in [-0.15, -0.1) is 0 Å². The van der Waals surface area contributed by atoms with Gasteiger partial charge >= 0.3 is 6.01 Å². The molecule has 1 aromatic rings. The van der Waals surface area contributed by atoms with Gasteiger partial charge in [0.25, 0.3) is 0 Å². The summed E-state index contributed by atoms with van der Waals surface area (Å²) in [5.41, 5.74) is 0. The average Bonchev–Trinajstić information content (AvgIpc) is 2.86. The van der Waals surface area contributed by atoms with Gasteiger partial charge in [-0.25, -0.2) is 0 Å². The van der Waals surface area contributed by atoms with Gasteiger partial charge in [-0.05, 0) is 30.9 Å². The number of halogens is 1. The molecule has 18 heavy (non-hydrogen) atoms. The molecule has 2 rings (SSSR count). The van der Waals surface area contributed by atoms with E-state index in [0.717, 1.165) is 31.6 Å². The Balaban J connectivity index is 1.91. The Bertz CT molecular complexity index is 389. The topological polar surface area (TPSA) is 57.1 Å². The molecule has 0 saturated carbocycles. The fraction of sp³-hybridized carbons (Fsp3) is 0.727. The normalized spacial score (nSPS) is 19.1. The monoisotopic (exact) mass is 289 g/mol. The molecule has 1 aliphatic rings. The Morgan fingerprint density at radius 1 is 1.44 bits per heavy atom. The maximum Gasteiger partial charge on any atom is 0.321 e. The van der Waals surface area contributed by atoms with Crippen molar-refractivity contribution in [2.75, 3.05) is 19.0 Å². The molecular weight excluding hydrogens is 274 g/mol. The van der Waals surface area contributed by atoms with Crippen molar-refractivity contribution in [3.8, 4) is 6.01 Å². The highest BCUT2D eigenvalue weighted by Crippen LogP contribution is 2.23. The molecule has 1 fully saturated rings. The van der Waals surface area contributed by atoms with E-state index in [2.05, 4.69) is 15.0 Å². The quantitative estimate of drug-likeness (QED) is 0.750. The first-order chi connectivity index (χ1) is 8.78. The van der Waals surface area contributed by atoms with E-state index >= 15 is 0 Å². The SMILES string of the molecule is CCCOc1nc(Cl)nc(SCC2CCCO2)n1. The summed E-state index contributed by atoms with van der Waals surface area (Å²) in [4.78, 5) is 12.2. The molecule has 0 aliphatic carbocycles. The van der Waals surface area contributed by atoms with E-state index in [1.54, 1.807) is 0 Å². The number of thioether (sulfide) groups is 1. The van der Waals surface area contributed by atoms with Crippen molar-refractivity contribution >= 4 is 23.4 Å². The van der Waals surface area contributed by atoms with Crippen molar-refractivity contribution in [1.29, 1.82) is 0 Å². The maximum atomic E-state index is 5.84. The Hall–Kier alpha value is -0.590. The molecule has 0 aromatic carbocycles. The second-order valence-corrected chi connectivity index (χ2v) is 5.29. The molecule has 2 heterocycles. The Kier molecular flexibility index (Phi) is 5.46. The second-order valence-electron chi connectivity index (χ2n) is 3.96. The zero-order valence-corrected chi connectivity index (χ0v) is 11.8. The van der Waals surface area contributed by atoms with Crippen LogP contribution in [0.15, 0.2) is 5.16 Å². The van der Waals surface area contributed by atoms with E-state index in [4.69, 9.17) is 21.1 Å². The second kappa shape index (κ2) is 7.11. The third kappa shape index (κ3) is 4.26. The molecule has 1 aromatic heterocycles. The van der Waals surface area contributed by atoms with Gasteiger partial charge in [0.15, 0.2) is 5.16 Å². The van der Waals surface area contributed by atoms with Crippen molar-refractivity contribution in [2.45, 2.75) is 37.4 Å². The number of hydrogen-bond acceptors (Lipinski definition) is 6. The molecule has 5 nitrogen and oxygen atoms in total. The van der Waals surface area contributed by atoms with Gasteiger partial charge in [-0.3, -0.25) is 0 Å². The summed E-state index contributed by atoms with van der Waals surface area (Å²) in [5.74, 6) is 0.841. The predicted octanol–water partition coefficient (Wildman–Crippen LogP) is 2.58. The van der Waals surface area contributed by atoms with Crippen LogP contribution in [0.25, 0.3) is 0 Å². The minimum absolute atomic E-state index is 0.172. The van der Waals surface area contributed by atoms with Crippen LogP contribution in [-0.4, -0.2) is 40.0 Å². The smallest absolute Gasteiger partial charge is 0.321 e. The van der Waals surface area contributed by atoms with E-state index < -0.39 is 0 Å². The third-order valence-electron chi connectivity index (χ3n) is 2.42. The minimum Gasteiger partial charge on any atom is -0.463 e. The van der Waals surface area contributed by atoms with Gasteiger partial charge in [-0.1, -0.05) is 18.7 Å². The first-order valence-electron chi connectivity index (χ1n) is 6.06. The van der Waals surface area contributed by atoms with Crippen molar-refractivity contribution in [3.05, 3.63) is 5.28 Å². The maximum absolute atomic E-state index is 5.84. The lowest BCUT2D eigenvalue weighted by Gasteiger charge is -2.08. The first-order valence-corrected chi connectivity index (χ1v) is 7.43. The lowest BCUT2D eigenvalue weighted by atomic mass is 10.3. The number of hydrogen-bond donors (Lipinski definition) is 0. The van der Waals surface area contributed by atoms with Crippen LogP contribution in [0.5, 0.6) is 6.01 Å². The molecule has 1 saturated heterocycles. The van der Waals surface area contributed by atoms with Crippen LogP contribution in [-0.2, 0) is 4.74 Å². The van der Waals surface area contributed by atoms with Crippen molar-refractivity contribution in [2.24, 2.45) is 0 Å². The van der Waals surface area contributed by atoms with E-state index in [-0.39, 0.29) is 5.28 Å². The van der Waals surface area contributed by atoms with Gasteiger partial charge in [0.05, 0.1) is 12.7 Å². The van der Waals surface area contributed by atoms with Gasteiger partial charge < -0.3 is 9.47 Å². The van der Waals surface area contributed by atoms with Crippen molar-refractivity contribution < 1.29 is 9.47 Å². The summed E-state index contributed by atoms with van der Waals surface area (Å²) in [7, 11) is 0. The predicted molar refractivity (Wildman–Crippen MR) is 70.3 cm³/mol. The lowest BCUT2D eigenvalue weighted by Crippen LogP contribution is -2.09. The first kappa shape index (κ1) is 13.8. The summed E-state index contributed by atoms with van der Waals surface area (Å²) in [6, 6.07) is 0.298. The molecule has 0 radical (unpaired) electrons. The molecule has 0 bridgehead atoms. The molecule has 0 amide bonds. The molecule has 100 valence electrons. The fourth-order valence-electron chi connectivity index (χ4n) is 1.58. The van der Waals surface area contributed by atoms with Crippen LogP contribution < -0.4 is 4.74 Å². The summed E-state index contributed by atoms with van der Waals surface area (Å²) in [5, 5.41) is 0.766. The van der Waals surface area contributed by atoms with Gasteiger partial charge in [0.2, 0.25) is 5.28 Å². The highest BCUT2D eigenvalue weighted by Gasteiger charge is 2.17. The van der Waals surface area contributed by atoms with E-state index in [0.29, 0.717) is 23.9 Å². The van der Waals surface area contributed by atoms with E-state index in [1.165, 1.54) is 11.8 Å². The van der Waals surface area contributed by atoms with Gasteiger partial charge in [0, 0.05) is 12.4 Å². The number of aromatic nitrogens is 3. The zero-order chi connectivity index (χ0) is 12.8. The zero-order valence-electron chi connectivity index (χ0n) is 10.3. The van der Waals surface area contributed by atoms with Crippen LogP contribution in [0.4, 0.5) is 0 Å². The molecule has 1 atom stereocenters. The molecular formula is C11H16ClN3O2S. The standard InChI is InChI=1S/C11H16ClN3O2S/c1-2-5-17-10-13-9(12)14-11(15-10)18-7-8-4-3-6-16-8/h8H,2-7H2,1H3. The van der Waals surface area contributed by atoms with Crippen LogP contribution in [0.3, 0.4) is 0 Å².